The third-order valence-corrected chi connectivity index (χ3v) is 4.20. The molecule has 0 radical (unpaired) electrons. The van der Waals surface area contributed by atoms with Gasteiger partial charge in [-0.05, 0) is 20.0 Å². The number of piperazine rings is 1. The van der Waals surface area contributed by atoms with E-state index in [1.165, 1.54) is 6.33 Å². The van der Waals surface area contributed by atoms with Crippen LogP contribution in [0.3, 0.4) is 0 Å². The van der Waals surface area contributed by atoms with Gasteiger partial charge in [0, 0.05) is 37.8 Å². The van der Waals surface area contributed by atoms with Crippen molar-refractivity contribution in [1.82, 2.24) is 19.8 Å². The van der Waals surface area contributed by atoms with Gasteiger partial charge in [-0.3, -0.25) is 4.90 Å². The van der Waals surface area contributed by atoms with E-state index in [9.17, 15) is 0 Å². The smallest absolute Gasteiger partial charge is 0.138 e. The number of likely N-dealkylation sites (N-methyl/N-ethyl adjacent to an activating group) is 2. The van der Waals surface area contributed by atoms with Gasteiger partial charge in [0.25, 0.3) is 0 Å². The van der Waals surface area contributed by atoms with Gasteiger partial charge in [-0.1, -0.05) is 25.4 Å². The van der Waals surface area contributed by atoms with Crippen LogP contribution in [0.25, 0.3) is 0 Å². The highest BCUT2D eigenvalue weighted by Gasteiger charge is 2.22. The summed E-state index contributed by atoms with van der Waals surface area (Å²) in [6.45, 7) is 8.38. The molecular weight excluding hydrogens is 274 g/mol. The second-order valence-corrected chi connectivity index (χ2v) is 6.22. The van der Waals surface area contributed by atoms with Gasteiger partial charge in [0.2, 0.25) is 0 Å². The fraction of sp³-hybridized carbons (Fsp3) is 0.714. The first-order valence-corrected chi connectivity index (χ1v) is 7.50. The summed E-state index contributed by atoms with van der Waals surface area (Å²) < 4.78 is 0. The number of halogens is 1. The van der Waals surface area contributed by atoms with Crippen LogP contribution in [0.15, 0.2) is 6.33 Å². The van der Waals surface area contributed by atoms with E-state index in [0.29, 0.717) is 17.1 Å². The first kappa shape index (κ1) is 15.5. The molecule has 1 aliphatic rings. The predicted octanol–water partition coefficient (Wildman–Crippen LogP) is 1.91. The highest BCUT2D eigenvalue weighted by molar-refractivity contribution is 6.30. The van der Waals surface area contributed by atoms with E-state index < -0.39 is 0 Å². The van der Waals surface area contributed by atoms with Crippen molar-refractivity contribution < 1.29 is 0 Å². The molecule has 0 spiro atoms. The molecular formula is C14H24ClN5. The van der Waals surface area contributed by atoms with Crippen LogP contribution in [0.5, 0.6) is 0 Å². The SMILES string of the molecule is CC(C)c1c(Cl)ncnc1NCC1CN(C)CCN1C. The van der Waals surface area contributed by atoms with Gasteiger partial charge in [0.05, 0.1) is 0 Å². The lowest BCUT2D eigenvalue weighted by Gasteiger charge is -2.37. The maximum Gasteiger partial charge on any atom is 0.138 e. The Bertz CT molecular complexity index is 451. The molecule has 1 atom stereocenters. The van der Waals surface area contributed by atoms with Crippen molar-refractivity contribution in [3.63, 3.8) is 0 Å². The molecule has 1 saturated heterocycles. The van der Waals surface area contributed by atoms with Gasteiger partial charge in [-0.15, -0.1) is 0 Å². The average molecular weight is 298 g/mol. The molecule has 112 valence electrons. The van der Waals surface area contributed by atoms with Gasteiger partial charge < -0.3 is 10.2 Å². The van der Waals surface area contributed by atoms with Crippen molar-refractivity contribution in [3.8, 4) is 0 Å². The van der Waals surface area contributed by atoms with Crippen molar-refractivity contribution in [2.75, 3.05) is 45.6 Å². The summed E-state index contributed by atoms with van der Waals surface area (Å²) in [6, 6.07) is 0.488. The molecule has 6 heteroatoms. The number of anilines is 1. The van der Waals surface area contributed by atoms with Gasteiger partial charge >= 0.3 is 0 Å². The molecule has 0 amide bonds. The number of aromatic nitrogens is 2. The van der Waals surface area contributed by atoms with Gasteiger partial charge in [0.15, 0.2) is 0 Å². The predicted molar refractivity (Wildman–Crippen MR) is 83.5 cm³/mol. The second kappa shape index (κ2) is 6.70. The van der Waals surface area contributed by atoms with E-state index in [4.69, 9.17) is 11.6 Å². The molecule has 0 bridgehead atoms. The average Bonchev–Trinajstić information content (AvgIpc) is 2.39. The normalized spacial score (nSPS) is 21.4. The monoisotopic (exact) mass is 297 g/mol. The zero-order chi connectivity index (χ0) is 14.7. The van der Waals surface area contributed by atoms with Crippen LogP contribution in [-0.4, -0.2) is 66.1 Å². The molecule has 20 heavy (non-hydrogen) atoms. The molecule has 0 saturated carbocycles. The fourth-order valence-corrected chi connectivity index (χ4v) is 2.91. The number of hydrogen-bond donors (Lipinski definition) is 1. The van der Waals surface area contributed by atoms with Gasteiger partial charge in [0.1, 0.15) is 17.3 Å². The van der Waals surface area contributed by atoms with E-state index in [2.05, 4.69) is 53.0 Å². The lowest BCUT2D eigenvalue weighted by molar-refractivity contribution is 0.122. The van der Waals surface area contributed by atoms with E-state index >= 15 is 0 Å². The standard InChI is InChI=1S/C14H24ClN5/c1-10(2)12-13(15)17-9-18-14(12)16-7-11-8-19(3)5-6-20(11)4/h9-11H,5-8H2,1-4H3,(H,16,17,18). The molecule has 0 aromatic carbocycles. The quantitative estimate of drug-likeness (QED) is 0.860. The Morgan fingerprint density at radius 1 is 1.35 bits per heavy atom. The van der Waals surface area contributed by atoms with Crippen molar-refractivity contribution in [3.05, 3.63) is 17.0 Å². The molecule has 2 heterocycles. The largest absolute Gasteiger partial charge is 0.368 e. The maximum atomic E-state index is 6.19. The Hall–Kier alpha value is -0.910. The fourth-order valence-electron chi connectivity index (χ4n) is 2.56. The summed E-state index contributed by atoms with van der Waals surface area (Å²) in [7, 11) is 4.34. The Morgan fingerprint density at radius 3 is 2.80 bits per heavy atom. The molecule has 1 unspecified atom stereocenters. The third kappa shape index (κ3) is 3.59. The highest BCUT2D eigenvalue weighted by Crippen LogP contribution is 2.27. The maximum absolute atomic E-state index is 6.19. The van der Waals surface area contributed by atoms with Crippen molar-refractivity contribution in [1.29, 1.82) is 0 Å². The lowest BCUT2D eigenvalue weighted by Crippen LogP contribution is -2.52. The van der Waals surface area contributed by atoms with Crippen molar-refractivity contribution in [2.45, 2.75) is 25.8 Å². The molecule has 2 rings (SSSR count). The first-order valence-electron chi connectivity index (χ1n) is 7.12. The zero-order valence-corrected chi connectivity index (χ0v) is 13.5. The molecule has 0 aliphatic carbocycles. The number of hydrogen-bond acceptors (Lipinski definition) is 5. The molecule has 1 aromatic rings. The number of rotatable bonds is 4. The minimum absolute atomic E-state index is 0.304. The molecule has 1 aromatic heterocycles. The minimum Gasteiger partial charge on any atom is -0.368 e. The van der Waals surface area contributed by atoms with Gasteiger partial charge in [-0.2, -0.15) is 0 Å². The first-order chi connectivity index (χ1) is 9.49. The van der Waals surface area contributed by atoms with Crippen molar-refractivity contribution >= 4 is 17.4 Å². The molecule has 1 aliphatic heterocycles. The van der Waals surface area contributed by atoms with Crippen LogP contribution in [-0.2, 0) is 0 Å². The molecule has 1 fully saturated rings. The summed E-state index contributed by atoms with van der Waals surface area (Å²) >= 11 is 6.19. The van der Waals surface area contributed by atoms with Crippen LogP contribution in [0.1, 0.15) is 25.3 Å². The van der Waals surface area contributed by atoms with Crippen LogP contribution in [0.4, 0.5) is 5.82 Å². The van der Waals surface area contributed by atoms with Crippen molar-refractivity contribution in [2.24, 2.45) is 0 Å². The van der Waals surface area contributed by atoms with Crippen LogP contribution in [0, 0.1) is 0 Å². The van der Waals surface area contributed by atoms with Gasteiger partial charge in [-0.25, -0.2) is 9.97 Å². The lowest BCUT2D eigenvalue weighted by atomic mass is 10.1. The molecule has 5 nitrogen and oxygen atoms in total. The number of nitrogens with one attached hydrogen (secondary N) is 1. The second-order valence-electron chi connectivity index (χ2n) is 5.86. The van der Waals surface area contributed by atoms with Crippen LogP contribution in [0.2, 0.25) is 5.15 Å². The van der Waals surface area contributed by atoms with Crippen LogP contribution < -0.4 is 5.32 Å². The zero-order valence-electron chi connectivity index (χ0n) is 12.7. The number of nitrogens with zero attached hydrogens (tertiary/aromatic N) is 4. The summed E-state index contributed by atoms with van der Waals surface area (Å²) in [4.78, 5) is 13.2. The summed E-state index contributed by atoms with van der Waals surface area (Å²) in [6.07, 6.45) is 1.52. The van der Waals surface area contributed by atoms with E-state index in [0.717, 1.165) is 37.6 Å². The molecule has 1 N–H and O–H groups in total. The van der Waals surface area contributed by atoms with E-state index in [1.807, 2.05) is 0 Å². The summed E-state index contributed by atoms with van der Waals surface area (Å²) in [5, 5.41) is 4.00. The Balaban J connectivity index is 2.05. The topological polar surface area (TPSA) is 44.3 Å². The van der Waals surface area contributed by atoms with E-state index in [-0.39, 0.29) is 0 Å². The summed E-state index contributed by atoms with van der Waals surface area (Å²) in [5.74, 6) is 1.17. The Kier molecular flexibility index (Phi) is 5.18. The van der Waals surface area contributed by atoms with E-state index in [1.54, 1.807) is 0 Å². The minimum atomic E-state index is 0.304. The summed E-state index contributed by atoms with van der Waals surface area (Å²) in [5.41, 5.74) is 1.00. The Morgan fingerprint density at radius 2 is 2.10 bits per heavy atom. The highest BCUT2D eigenvalue weighted by atomic mass is 35.5. The van der Waals surface area contributed by atoms with Crippen LogP contribution >= 0.6 is 11.6 Å². The Labute approximate surface area is 126 Å². The third-order valence-electron chi connectivity index (χ3n) is 3.90.